The molecule has 1 heterocycles. The predicted octanol–water partition coefficient (Wildman–Crippen LogP) is 5.00. The van der Waals surface area contributed by atoms with Crippen LogP contribution in [0.15, 0.2) is 70.8 Å². The second kappa shape index (κ2) is 10.6. The van der Waals surface area contributed by atoms with Crippen LogP contribution in [0.3, 0.4) is 0 Å². The van der Waals surface area contributed by atoms with E-state index in [4.69, 9.17) is 11.6 Å². The molecule has 0 aliphatic carbocycles. The van der Waals surface area contributed by atoms with Crippen LogP contribution in [-0.4, -0.2) is 33.0 Å². The van der Waals surface area contributed by atoms with Crippen LogP contribution in [0.25, 0.3) is 11.4 Å². The topological polar surface area (TPSA) is 59.8 Å². The van der Waals surface area contributed by atoms with E-state index in [9.17, 15) is 4.79 Å². The van der Waals surface area contributed by atoms with Crippen molar-refractivity contribution in [1.82, 2.24) is 20.1 Å². The largest absolute Gasteiger partial charge is 0.355 e. The Morgan fingerprint density at radius 1 is 1.17 bits per heavy atom. The monoisotopic (exact) mass is 490 g/mol. The van der Waals surface area contributed by atoms with E-state index in [1.54, 1.807) is 6.08 Å². The summed E-state index contributed by atoms with van der Waals surface area (Å²) in [6.45, 7) is 4.96. The fourth-order valence-electron chi connectivity index (χ4n) is 2.68. The summed E-state index contributed by atoms with van der Waals surface area (Å²) in [5.41, 5.74) is 2.09. The minimum Gasteiger partial charge on any atom is -0.355 e. The highest BCUT2D eigenvalue weighted by atomic mass is 79.9. The first-order valence-corrected chi connectivity index (χ1v) is 11.2. The van der Waals surface area contributed by atoms with Crippen LogP contribution in [0.2, 0.25) is 5.02 Å². The van der Waals surface area contributed by atoms with Gasteiger partial charge in [0.25, 0.3) is 0 Å². The first kappa shape index (κ1) is 21.6. The molecule has 0 aliphatic rings. The highest BCUT2D eigenvalue weighted by molar-refractivity contribution is 9.10. The lowest BCUT2D eigenvalue weighted by molar-refractivity contribution is -0.118. The van der Waals surface area contributed by atoms with Gasteiger partial charge >= 0.3 is 0 Å². The van der Waals surface area contributed by atoms with Crippen molar-refractivity contribution >= 4 is 45.2 Å². The Morgan fingerprint density at radius 2 is 1.90 bits per heavy atom. The Bertz CT molecular complexity index is 973. The van der Waals surface area contributed by atoms with Gasteiger partial charge in [-0.1, -0.05) is 69.6 Å². The molecular weight excluding hydrogens is 472 g/mol. The van der Waals surface area contributed by atoms with Gasteiger partial charge in [0.1, 0.15) is 0 Å². The van der Waals surface area contributed by atoms with Crippen molar-refractivity contribution in [3.8, 4) is 11.4 Å². The molecule has 1 amide bonds. The third-order valence-electron chi connectivity index (χ3n) is 4.11. The number of aromatic nitrogens is 3. The van der Waals surface area contributed by atoms with E-state index in [1.165, 1.54) is 11.8 Å². The molecule has 0 saturated heterocycles. The van der Waals surface area contributed by atoms with Crippen LogP contribution in [0.4, 0.5) is 0 Å². The molecule has 29 heavy (non-hydrogen) atoms. The first-order valence-electron chi connectivity index (χ1n) is 9.01. The SMILES string of the molecule is C=CCn1c(SCC(=O)NCCc2ccc(Cl)cc2)nnc1-c1ccc(Br)cc1. The molecule has 3 aromatic rings. The second-order valence-corrected chi connectivity index (χ2v) is 8.52. The molecule has 0 bridgehead atoms. The average molecular weight is 492 g/mol. The van der Waals surface area contributed by atoms with Crippen LogP contribution in [-0.2, 0) is 17.8 Å². The standard InChI is InChI=1S/C21H20BrClN4OS/c1-2-13-27-20(16-5-7-17(22)8-6-16)25-26-21(27)29-14-19(28)24-12-11-15-3-9-18(23)10-4-15/h2-10H,1,11-14H2,(H,24,28). The number of benzene rings is 2. The van der Waals surface area contributed by atoms with E-state index in [0.29, 0.717) is 23.3 Å². The van der Waals surface area contributed by atoms with Gasteiger partial charge in [-0.25, -0.2) is 0 Å². The number of hydrogen-bond acceptors (Lipinski definition) is 4. The summed E-state index contributed by atoms with van der Waals surface area (Å²) in [5.74, 6) is 0.987. The van der Waals surface area contributed by atoms with Crippen LogP contribution < -0.4 is 5.32 Å². The molecule has 0 atom stereocenters. The van der Waals surface area contributed by atoms with Gasteiger partial charge in [0, 0.05) is 28.1 Å². The van der Waals surface area contributed by atoms with E-state index in [0.717, 1.165) is 27.8 Å². The Labute approximate surface area is 187 Å². The van der Waals surface area contributed by atoms with Crippen LogP contribution in [0.5, 0.6) is 0 Å². The second-order valence-electron chi connectivity index (χ2n) is 6.23. The van der Waals surface area contributed by atoms with E-state index in [-0.39, 0.29) is 11.7 Å². The molecule has 0 unspecified atom stereocenters. The number of hydrogen-bond donors (Lipinski definition) is 1. The Kier molecular flexibility index (Phi) is 7.91. The van der Waals surface area contributed by atoms with E-state index < -0.39 is 0 Å². The van der Waals surface area contributed by atoms with Crippen molar-refractivity contribution in [3.05, 3.63) is 76.2 Å². The van der Waals surface area contributed by atoms with Gasteiger partial charge < -0.3 is 5.32 Å². The summed E-state index contributed by atoms with van der Waals surface area (Å²) in [6, 6.07) is 15.5. The number of carbonyl (C=O) groups excluding carboxylic acids is 1. The van der Waals surface area contributed by atoms with Gasteiger partial charge in [0.2, 0.25) is 5.91 Å². The molecule has 0 fully saturated rings. The van der Waals surface area contributed by atoms with E-state index in [2.05, 4.69) is 38.0 Å². The quantitative estimate of drug-likeness (QED) is 0.338. The summed E-state index contributed by atoms with van der Waals surface area (Å²) in [4.78, 5) is 12.2. The summed E-state index contributed by atoms with van der Waals surface area (Å²) in [7, 11) is 0. The minimum absolute atomic E-state index is 0.0395. The number of nitrogens with zero attached hydrogens (tertiary/aromatic N) is 3. The zero-order chi connectivity index (χ0) is 20.6. The van der Waals surface area contributed by atoms with Gasteiger partial charge in [-0.2, -0.15) is 0 Å². The van der Waals surface area contributed by atoms with Crippen molar-refractivity contribution in [1.29, 1.82) is 0 Å². The van der Waals surface area contributed by atoms with Crippen LogP contribution in [0, 0.1) is 0 Å². The maximum atomic E-state index is 12.2. The molecule has 2 aromatic carbocycles. The zero-order valence-corrected chi connectivity index (χ0v) is 18.8. The Morgan fingerprint density at radius 3 is 2.59 bits per heavy atom. The van der Waals surface area contributed by atoms with Crippen LogP contribution in [0.1, 0.15) is 5.56 Å². The van der Waals surface area contributed by atoms with Crippen LogP contribution >= 0.6 is 39.3 Å². The van der Waals surface area contributed by atoms with Crippen molar-refractivity contribution in [2.24, 2.45) is 0 Å². The normalized spacial score (nSPS) is 10.7. The summed E-state index contributed by atoms with van der Waals surface area (Å²) in [5, 5.41) is 12.9. The maximum absolute atomic E-state index is 12.2. The van der Waals surface area contributed by atoms with Gasteiger partial charge in [-0.15, -0.1) is 16.8 Å². The molecule has 0 spiro atoms. The summed E-state index contributed by atoms with van der Waals surface area (Å²) < 4.78 is 2.96. The minimum atomic E-state index is -0.0395. The molecule has 3 rings (SSSR count). The Hall–Kier alpha value is -2.09. The summed E-state index contributed by atoms with van der Waals surface area (Å²) in [6.07, 6.45) is 2.55. The number of allylic oxidation sites excluding steroid dienone is 1. The molecule has 0 saturated carbocycles. The fraction of sp³-hybridized carbons (Fsp3) is 0.190. The van der Waals surface area contributed by atoms with Gasteiger partial charge in [-0.3, -0.25) is 9.36 Å². The average Bonchev–Trinajstić information content (AvgIpc) is 3.11. The number of rotatable bonds is 9. The molecule has 0 radical (unpaired) electrons. The number of halogens is 2. The third-order valence-corrected chi connectivity index (χ3v) is 5.86. The molecule has 150 valence electrons. The zero-order valence-electron chi connectivity index (χ0n) is 15.6. The number of thioether (sulfide) groups is 1. The number of carbonyl (C=O) groups is 1. The lowest BCUT2D eigenvalue weighted by Gasteiger charge is -2.08. The highest BCUT2D eigenvalue weighted by Gasteiger charge is 2.15. The van der Waals surface area contributed by atoms with Crippen molar-refractivity contribution in [2.45, 2.75) is 18.1 Å². The molecule has 8 heteroatoms. The van der Waals surface area contributed by atoms with Gasteiger partial charge in [0.15, 0.2) is 11.0 Å². The van der Waals surface area contributed by atoms with E-state index >= 15 is 0 Å². The molecule has 0 aliphatic heterocycles. The number of nitrogens with one attached hydrogen (secondary N) is 1. The molecule has 5 nitrogen and oxygen atoms in total. The smallest absolute Gasteiger partial charge is 0.230 e. The number of amides is 1. The van der Waals surface area contributed by atoms with E-state index in [1.807, 2.05) is 53.1 Å². The third kappa shape index (κ3) is 6.19. The maximum Gasteiger partial charge on any atom is 0.230 e. The van der Waals surface area contributed by atoms with Gasteiger partial charge in [0.05, 0.1) is 5.75 Å². The Balaban J connectivity index is 1.56. The first-order chi connectivity index (χ1) is 14.1. The lowest BCUT2D eigenvalue weighted by atomic mass is 10.1. The molecule has 1 N–H and O–H groups in total. The van der Waals surface area contributed by atoms with Gasteiger partial charge in [-0.05, 0) is 36.2 Å². The van der Waals surface area contributed by atoms with Crippen molar-refractivity contribution < 1.29 is 4.79 Å². The van der Waals surface area contributed by atoms with Crippen molar-refractivity contribution in [2.75, 3.05) is 12.3 Å². The predicted molar refractivity (Wildman–Crippen MR) is 122 cm³/mol. The summed E-state index contributed by atoms with van der Waals surface area (Å²) >= 11 is 10.7. The molecular formula is C21H20BrClN4OS. The lowest BCUT2D eigenvalue weighted by Crippen LogP contribution is -2.27. The molecule has 1 aromatic heterocycles. The fourth-order valence-corrected chi connectivity index (χ4v) is 3.85. The van der Waals surface area contributed by atoms with Crippen molar-refractivity contribution in [3.63, 3.8) is 0 Å². The highest BCUT2D eigenvalue weighted by Crippen LogP contribution is 2.25.